The number of hydrogen-bond acceptors (Lipinski definition) is 5. The van der Waals surface area contributed by atoms with Gasteiger partial charge in [0.2, 0.25) is 0 Å². The van der Waals surface area contributed by atoms with Crippen LogP contribution in [0.15, 0.2) is 24.5 Å². The maximum absolute atomic E-state index is 12.9. The summed E-state index contributed by atoms with van der Waals surface area (Å²) in [6, 6.07) is 3.23. The van der Waals surface area contributed by atoms with Crippen LogP contribution in [-0.2, 0) is 4.74 Å². The Hall–Kier alpha value is -2.42. The van der Waals surface area contributed by atoms with Crippen molar-refractivity contribution < 1.29 is 18.3 Å². The molecule has 182 valence electrons. The fourth-order valence-electron chi connectivity index (χ4n) is 4.04. The van der Waals surface area contributed by atoms with Crippen LogP contribution in [0.1, 0.15) is 53.0 Å². The first-order chi connectivity index (χ1) is 15.5. The number of carbonyl (C=O) groups excluding carboxylic acids is 1. The van der Waals surface area contributed by atoms with Crippen LogP contribution in [0.4, 0.5) is 19.3 Å². The van der Waals surface area contributed by atoms with Gasteiger partial charge in [-0.15, -0.1) is 0 Å². The molecule has 2 aromatic rings. The molecule has 2 heterocycles. The van der Waals surface area contributed by atoms with Crippen LogP contribution < -0.4 is 5.32 Å². The number of carbonyl (C=O) groups is 1. The molecule has 0 atom stereocenters. The van der Waals surface area contributed by atoms with Crippen LogP contribution in [-0.4, -0.2) is 51.5 Å². The van der Waals surface area contributed by atoms with Crippen molar-refractivity contribution in [3.05, 3.63) is 29.7 Å². The summed E-state index contributed by atoms with van der Waals surface area (Å²) in [5.41, 5.74) is 1.27. The normalized spacial score (nSPS) is 18.9. The minimum Gasteiger partial charge on any atom is -0.444 e. The van der Waals surface area contributed by atoms with E-state index in [4.69, 9.17) is 16.3 Å². The first kappa shape index (κ1) is 25.2. The van der Waals surface area contributed by atoms with Crippen molar-refractivity contribution in [1.82, 2.24) is 19.7 Å². The summed E-state index contributed by atoms with van der Waals surface area (Å²) in [5, 5.41) is 7.68. The van der Waals surface area contributed by atoms with Gasteiger partial charge in [-0.25, -0.2) is 14.5 Å². The summed E-state index contributed by atoms with van der Waals surface area (Å²) in [4.78, 5) is 18.0. The summed E-state index contributed by atoms with van der Waals surface area (Å²) in [6.07, 6.45) is 6.63. The van der Waals surface area contributed by atoms with E-state index < -0.39 is 12.2 Å². The third-order valence-corrected chi connectivity index (χ3v) is 5.95. The van der Waals surface area contributed by atoms with Crippen molar-refractivity contribution in [2.24, 2.45) is 11.8 Å². The number of anilines is 1. The lowest BCUT2D eigenvalue weighted by Crippen LogP contribution is -2.38. The van der Waals surface area contributed by atoms with E-state index >= 15 is 0 Å². The Bertz CT molecular complexity index is 939. The number of ether oxygens (including phenoxy) is 1. The van der Waals surface area contributed by atoms with Crippen LogP contribution in [0.3, 0.4) is 0 Å². The molecule has 0 spiro atoms. The standard InChI is InChI=1S/C23H32ClF2N5O2/c1-23(2,3)33-22(32)30(4)14-16-7-5-15(6-8-16)12-27-19-11-20(24)28-13-17(19)18-9-10-31(29-18)21(25)26/h9-11,13,15-16,21H,5-8,12,14H2,1-4H3,(H,27,28). The molecule has 0 radical (unpaired) electrons. The van der Waals surface area contributed by atoms with Gasteiger partial charge in [0.05, 0.1) is 5.69 Å². The van der Waals surface area contributed by atoms with Crippen LogP contribution in [0.5, 0.6) is 0 Å². The zero-order valence-electron chi connectivity index (χ0n) is 19.5. The predicted molar refractivity (Wildman–Crippen MR) is 125 cm³/mol. The minimum atomic E-state index is -2.69. The zero-order chi connectivity index (χ0) is 24.2. The number of alkyl halides is 2. The molecule has 3 rings (SSSR count). The van der Waals surface area contributed by atoms with Gasteiger partial charge < -0.3 is 15.0 Å². The Labute approximate surface area is 198 Å². The van der Waals surface area contributed by atoms with Gasteiger partial charge in [-0.3, -0.25) is 0 Å². The number of pyridine rings is 1. The fraction of sp³-hybridized carbons (Fsp3) is 0.609. The molecule has 2 aromatic heterocycles. The van der Waals surface area contributed by atoms with Gasteiger partial charge in [0.25, 0.3) is 0 Å². The third-order valence-electron chi connectivity index (χ3n) is 5.74. The van der Waals surface area contributed by atoms with Crippen LogP contribution >= 0.6 is 11.6 Å². The smallest absolute Gasteiger partial charge is 0.410 e. The summed E-state index contributed by atoms with van der Waals surface area (Å²) in [6.45, 7) is 4.32. The largest absolute Gasteiger partial charge is 0.444 e. The van der Waals surface area contributed by atoms with Gasteiger partial charge in [0, 0.05) is 43.8 Å². The van der Waals surface area contributed by atoms with E-state index in [1.807, 2.05) is 20.8 Å². The fourth-order valence-corrected chi connectivity index (χ4v) is 4.20. The Morgan fingerprint density at radius 2 is 1.97 bits per heavy atom. The van der Waals surface area contributed by atoms with Crippen molar-refractivity contribution in [3.63, 3.8) is 0 Å². The van der Waals surface area contributed by atoms with Crippen molar-refractivity contribution in [2.45, 2.75) is 58.6 Å². The molecule has 33 heavy (non-hydrogen) atoms. The van der Waals surface area contributed by atoms with E-state index in [-0.39, 0.29) is 6.09 Å². The molecule has 1 fully saturated rings. The highest BCUT2D eigenvalue weighted by Crippen LogP contribution is 2.32. The Balaban J connectivity index is 1.53. The summed E-state index contributed by atoms with van der Waals surface area (Å²) < 4.78 is 31.8. The highest BCUT2D eigenvalue weighted by atomic mass is 35.5. The molecule has 1 N–H and O–H groups in total. The molecular weight excluding hydrogens is 452 g/mol. The molecule has 7 nitrogen and oxygen atoms in total. The molecule has 0 aliphatic heterocycles. The molecule has 1 aliphatic carbocycles. The van der Waals surface area contributed by atoms with E-state index in [2.05, 4.69) is 15.4 Å². The van der Waals surface area contributed by atoms with Gasteiger partial charge in [-0.05, 0) is 70.4 Å². The lowest BCUT2D eigenvalue weighted by atomic mass is 9.81. The van der Waals surface area contributed by atoms with E-state index in [9.17, 15) is 13.6 Å². The second-order valence-corrected chi connectivity index (χ2v) is 10.0. The van der Waals surface area contributed by atoms with Gasteiger partial charge in [0.15, 0.2) is 0 Å². The van der Waals surface area contributed by atoms with Gasteiger partial charge in [-0.1, -0.05) is 11.6 Å². The lowest BCUT2D eigenvalue weighted by Gasteiger charge is -2.32. The zero-order valence-corrected chi connectivity index (χ0v) is 20.3. The number of amides is 1. The molecule has 10 heteroatoms. The second kappa shape index (κ2) is 10.7. The van der Waals surface area contributed by atoms with E-state index in [0.29, 0.717) is 39.5 Å². The number of nitrogens with one attached hydrogen (secondary N) is 1. The maximum atomic E-state index is 12.9. The van der Waals surface area contributed by atoms with Crippen molar-refractivity contribution in [1.29, 1.82) is 0 Å². The number of nitrogens with zero attached hydrogens (tertiary/aromatic N) is 4. The third kappa shape index (κ3) is 7.28. The maximum Gasteiger partial charge on any atom is 0.410 e. The Morgan fingerprint density at radius 3 is 2.58 bits per heavy atom. The number of rotatable bonds is 7. The van der Waals surface area contributed by atoms with Crippen molar-refractivity contribution in [2.75, 3.05) is 25.5 Å². The minimum absolute atomic E-state index is 0.289. The molecule has 0 bridgehead atoms. The summed E-state index contributed by atoms with van der Waals surface area (Å²) >= 11 is 6.08. The second-order valence-electron chi connectivity index (χ2n) is 9.64. The molecule has 1 amide bonds. The first-order valence-electron chi connectivity index (χ1n) is 11.2. The van der Waals surface area contributed by atoms with E-state index in [1.165, 1.54) is 12.3 Å². The molecular formula is C23H32ClF2N5O2. The summed E-state index contributed by atoms with van der Waals surface area (Å²) in [5.74, 6) is 0.912. The monoisotopic (exact) mass is 483 g/mol. The van der Waals surface area contributed by atoms with E-state index in [0.717, 1.165) is 37.9 Å². The van der Waals surface area contributed by atoms with E-state index in [1.54, 1.807) is 24.2 Å². The molecule has 0 saturated heterocycles. The Kier molecular flexibility index (Phi) is 8.15. The topological polar surface area (TPSA) is 72.3 Å². The van der Waals surface area contributed by atoms with Crippen LogP contribution in [0.25, 0.3) is 11.3 Å². The average Bonchev–Trinajstić information content (AvgIpc) is 3.22. The van der Waals surface area contributed by atoms with Crippen molar-refractivity contribution in [3.8, 4) is 11.3 Å². The Morgan fingerprint density at radius 1 is 1.30 bits per heavy atom. The van der Waals surface area contributed by atoms with Crippen LogP contribution in [0, 0.1) is 11.8 Å². The number of hydrogen-bond donors (Lipinski definition) is 1. The molecule has 0 unspecified atom stereocenters. The first-order valence-corrected chi connectivity index (χ1v) is 11.6. The molecule has 1 saturated carbocycles. The van der Waals surface area contributed by atoms with Crippen LogP contribution in [0.2, 0.25) is 5.15 Å². The van der Waals surface area contributed by atoms with Gasteiger partial charge in [0.1, 0.15) is 10.8 Å². The number of halogens is 3. The van der Waals surface area contributed by atoms with Gasteiger partial charge >= 0.3 is 12.6 Å². The molecule has 1 aliphatic rings. The number of aromatic nitrogens is 3. The quantitative estimate of drug-likeness (QED) is 0.483. The SMILES string of the molecule is CN(CC1CCC(CNc2cc(Cl)ncc2-c2ccn(C(F)F)n2)CC1)C(=O)OC(C)(C)C. The predicted octanol–water partition coefficient (Wildman–Crippen LogP) is 6.08. The lowest BCUT2D eigenvalue weighted by molar-refractivity contribution is 0.0258. The summed E-state index contributed by atoms with van der Waals surface area (Å²) in [7, 11) is 1.78. The average molecular weight is 484 g/mol. The van der Waals surface area contributed by atoms with Gasteiger partial charge in [-0.2, -0.15) is 13.9 Å². The highest BCUT2D eigenvalue weighted by Gasteiger charge is 2.26. The highest BCUT2D eigenvalue weighted by molar-refractivity contribution is 6.29. The molecule has 0 aromatic carbocycles. The van der Waals surface area contributed by atoms with Crippen molar-refractivity contribution >= 4 is 23.4 Å².